The smallest absolute Gasteiger partial charge is 0.306 e. The zero-order chi connectivity index (χ0) is 14.8. The molecule has 1 amide bonds. The molecule has 0 saturated heterocycles. The van der Waals surface area contributed by atoms with Crippen LogP contribution in [-0.4, -0.2) is 39.2 Å². The van der Waals surface area contributed by atoms with Crippen LogP contribution in [0.15, 0.2) is 30.5 Å². The number of carbonyl (C=O) groups is 2. The van der Waals surface area contributed by atoms with E-state index in [1.54, 1.807) is 24.4 Å². The minimum Gasteiger partial charge on any atom is -0.481 e. The van der Waals surface area contributed by atoms with E-state index in [2.05, 4.69) is 10.3 Å². The van der Waals surface area contributed by atoms with Gasteiger partial charge in [0.05, 0.1) is 12.0 Å². The minimum atomic E-state index is -1.48. The summed E-state index contributed by atoms with van der Waals surface area (Å²) in [4.78, 5) is 25.7. The SMILES string of the molecule is CC(O)(CNC(=O)c1cccc2[nH]ccc12)CC(=O)O. The van der Waals surface area contributed by atoms with E-state index in [1.807, 2.05) is 6.07 Å². The first kappa shape index (κ1) is 14.1. The number of carbonyl (C=O) groups excluding carboxylic acids is 1. The summed E-state index contributed by atoms with van der Waals surface area (Å²) < 4.78 is 0. The standard InChI is InChI=1S/C14H16N2O4/c1-14(20,7-12(17)18)8-16-13(19)10-3-2-4-11-9(10)5-6-15-11/h2-6,15,20H,7-8H2,1H3,(H,16,19)(H,17,18). The zero-order valence-electron chi connectivity index (χ0n) is 11.0. The predicted molar refractivity (Wildman–Crippen MR) is 73.5 cm³/mol. The van der Waals surface area contributed by atoms with Crippen LogP contribution in [-0.2, 0) is 4.79 Å². The lowest BCUT2D eigenvalue weighted by atomic mass is 10.0. The molecule has 1 atom stereocenters. The molecule has 0 bridgehead atoms. The van der Waals surface area contributed by atoms with Crippen molar-refractivity contribution in [3.8, 4) is 0 Å². The van der Waals surface area contributed by atoms with Crippen LogP contribution in [0.25, 0.3) is 10.9 Å². The fraction of sp³-hybridized carbons (Fsp3) is 0.286. The van der Waals surface area contributed by atoms with E-state index in [-0.39, 0.29) is 12.5 Å². The number of aliphatic carboxylic acids is 1. The number of nitrogens with one attached hydrogen (secondary N) is 2. The number of aromatic nitrogens is 1. The van der Waals surface area contributed by atoms with Gasteiger partial charge in [0, 0.05) is 29.2 Å². The molecular formula is C14H16N2O4. The summed E-state index contributed by atoms with van der Waals surface area (Å²) in [6.45, 7) is 1.25. The third-order valence-electron chi connectivity index (χ3n) is 3.00. The van der Waals surface area contributed by atoms with Crippen LogP contribution in [0.5, 0.6) is 0 Å². The van der Waals surface area contributed by atoms with Crippen LogP contribution in [0.3, 0.4) is 0 Å². The quantitative estimate of drug-likeness (QED) is 0.657. The van der Waals surface area contributed by atoms with Gasteiger partial charge < -0.3 is 20.5 Å². The molecule has 0 aliphatic carbocycles. The van der Waals surface area contributed by atoms with E-state index in [0.29, 0.717) is 5.56 Å². The van der Waals surface area contributed by atoms with Gasteiger partial charge in [-0.15, -0.1) is 0 Å². The monoisotopic (exact) mass is 276 g/mol. The fourth-order valence-corrected chi connectivity index (χ4v) is 2.04. The second kappa shape index (κ2) is 5.34. The second-order valence-corrected chi connectivity index (χ2v) is 4.99. The van der Waals surface area contributed by atoms with E-state index < -0.39 is 18.0 Å². The summed E-state index contributed by atoms with van der Waals surface area (Å²) in [5.74, 6) is -1.46. The zero-order valence-corrected chi connectivity index (χ0v) is 11.0. The molecule has 4 N–H and O–H groups in total. The van der Waals surface area contributed by atoms with Gasteiger partial charge in [0.2, 0.25) is 0 Å². The number of aromatic amines is 1. The number of aliphatic hydroxyl groups is 1. The van der Waals surface area contributed by atoms with E-state index in [1.165, 1.54) is 6.92 Å². The molecule has 1 aromatic carbocycles. The van der Waals surface area contributed by atoms with Crippen LogP contribution >= 0.6 is 0 Å². The van der Waals surface area contributed by atoms with E-state index in [9.17, 15) is 14.7 Å². The Bertz CT molecular complexity index is 645. The summed E-state index contributed by atoms with van der Waals surface area (Å²) in [7, 11) is 0. The number of hydrogen-bond donors (Lipinski definition) is 4. The Morgan fingerprint density at radius 2 is 2.10 bits per heavy atom. The van der Waals surface area contributed by atoms with Crippen molar-refractivity contribution in [2.24, 2.45) is 0 Å². The molecule has 106 valence electrons. The summed E-state index contributed by atoms with van der Waals surface area (Å²) in [5, 5.41) is 21.9. The highest BCUT2D eigenvalue weighted by atomic mass is 16.4. The van der Waals surface area contributed by atoms with Crippen molar-refractivity contribution in [1.29, 1.82) is 0 Å². The van der Waals surface area contributed by atoms with Crippen LogP contribution in [0.2, 0.25) is 0 Å². The first-order chi connectivity index (χ1) is 9.39. The van der Waals surface area contributed by atoms with Crippen molar-refractivity contribution >= 4 is 22.8 Å². The van der Waals surface area contributed by atoms with Gasteiger partial charge in [-0.3, -0.25) is 9.59 Å². The lowest BCUT2D eigenvalue weighted by Crippen LogP contribution is -2.42. The molecule has 1 heterocycles. The van der Waals surface area contributed by atoms with Gasteiger partial charge in [-0.25, -0.2) is 0 Å². The van der Waals surface area contributed by atoms with Gasteiger partial charge in [0.15, 0.2) is 0 Å². The van der Waals surface area contributed by atoms with E-state index >= 15 is 0 Å². The molecule has 0 fully saturated rings. The third kappa shape index (κ3) is 3.16. The van der Waals surface area contributed by atoms with Crippen molar-refractivity contribution < 1.29 is 19.8 Å². The Labute approximate surface area is 115 Å². The highest BCUT2D eigenvalue weighted by molar-refractivity contribution is 6.06. The number of fused-ring (bicyclic) bond motifs is 1. The highest BCUT2D eigenvalue weighted by Gasteiger charge is 2.25. The molecule has 0 radical (unpaired) electrons. The summed E-state index contributed by atoms with van der Waals surface area (Å²) in [6.07, 6.45) is 1.31. The number of rotatable bonds is 5. The normalized spacial score (nSPS) is 13.9. The lowest BCUT2D eigenvalue weighted by molar-refractivity contribution is -0.141. The molecule has 0 aliphatic rings. The Balaban J connectivity index is 2.09. The lowest BCUT2D eigenvalue weighted by Gasteiger charge is -2.21. The molecule has 2 aromatic rings. The molecular weight excluding hydrogens is 260 g/mol. The summed E-state index contributed by atoms with van der Waals surface area (Å²) in [5.41, 5.74) is -0.155. The number of benzene rings is 1. The van der Waals surface area contributed by atoms with Gasteiger partial charge >= 0.3 is 5.97 Å². The average Bonchev–Trinajstić information content (AvgIpc) is 2.82. The molecule has 0 saturated carbocycles. The summed E-state index contributed by atoms with van der Waals surface area (Å²) >= 11 is 0. The van der Waals surface area contributed by atoms with Crippen LogP contribution < -0.4 is 5.32 Å². The van der Waals surface area contributed by atoms with Gasteiger partial charge in [-0.2, -0.15) is 0 Å². The Morgan fingerprint density at radius 3 is 2.80 bits per heavy atom. The van der Waals surface area contributed by atoms with Crippen LogP contribution in [0, 0.1) is 0 Å². The molecule has 1 aromatic heterocycles. The third-order valence-corrected chi connectivity index (χ3v) is 3.00. The number of H-pyrrole nitrogens is 1. The van der Waals surface area contributed by atoms with Gasteiger partial charge in [-0.05, 0) is 25.1 Å². The van der Waals surface area contributed by atoms with Gasteiger partial charge in [-0.1, -0.05) is 6.07 Å². The van der Waals surface area contributed by atoms with E-state index in [4.69, 9.17) is 5.11 Å². The first-order valence-electron chi connectivity index (χ1n) is 6.17. The molecule has 6 nitrogen and oxygen atoms in total. The molecule has 0 spiro atoms. The maximum atomic E-state index is 12.1. The first-order valence-corrected chi connectivity index (χ1v) is 6.17. The maximum absolute atomic E-state index is 12.1. The molecule has 20 heavy (non-hydrogen) atoms. The predicted octanol–water partition coefficient (Wildman–Crippen LogP) is 1.12. The molecule has 6 heteroatoms. The number of amides is 1. The van der Waals surface area contributed by atoms with Gasteiger partial charge in [0.1, 0.15) is 0 Å². The Morgan fingerprint density at radius 1 is 1.35 bits per heavy atom. The molecule has 1 unspecified atom stereocenters. The number of carboxylic acids is 1. The average molecular weight is 276 g/mol. The Kier molecular flexibility index (Phi) is 3.76. The Hall–Kier alpha value is -2.34. The second-order valence-electron chi connectivity index (χ2n) is 4.99. The summed E-state index contributed by atoms with van der Waals surface area (Å²) in [6, 6.07) is 7.08. The number of hydrogen-bond acceptors (Lipinski definition) is 3. The largest absolute Gasteiger partial charge is 0.481 e. The number of carboxylic acid groups (broad SMARTS) is 1. The molecule has 0 aliphatic heterocycles. The van der Waals surface area contributed by atoms with Crippen molar-refractivity contribution in [1.82, 2.24) is 10.3 Å². The van der Waals surface area contributed by atoms with Crippen molar-refractivity contribution in [3.63, 3.8) is 0 Å². The van der Waals surface area contributed by atoms with Crippen molar-refractivity contribution in [2.45, 2.75) is 18.9 Å². The van der Waals surface area contributed by atoms with Crippen LogP contribution in [0.4, 0.5) is 0 Å². The van der Waals surface area contributed by atoms with Crippen LogP contribution in [0.1, 0.15) is 23.7 Å². The molecule has 2 rings (SSSR count). The van der Waals surface area contributed by atoms with Gasteiger partial charge in [0.25, 0.3) is 5.91 Å². The topological polar surface area (TPSA) is 102 Å². The highest BCUT2D eigenvalue weighted by Crippen LogP contribution is 2.17. The van der Waals surface area contributed by atoms with Crippen molar-refractivity contribution in [2.75, 3.05) is 6.54 Å². The van der Waals surface area contributed by atoms with Crippen molar-refractivity contribution in [3.05, 3.63) is 36.0 Å². The fourth-order valence-electron chi connectivity index (χ4n) is 2.04. The maximum Gasteiger partial charge on any atom is 0.306 e. The minimum absolute atomic E-state index is 0.126. The van der Waals surface area contributed by atoms with E-state index in [0.717, 1.165) is 10.9 Å².